The predicted molar refractivity (Wildman–Crippen MR) is 101 cm³/mol. The van der Waals surface area contributed by atoms with Gasteiger partial charge in [-0.05, 0) is 37.9 Å². The van der Waals surface area contributed by atoms with Gasteiger partial charge >= 0.3 is 0 Å². The van der Waals surface area contributed by atoms with Gasteiger partial charge in [-0.2, -0.15) is 0 Å². The number of aromatic amines is 1. The molecule has 2 aromatic carbocycles. The molecule has 1 N–H and O–H groups in total. The van der Waals surface area contributed by atoms with Gasteiger partial charge in [-0.1, -0.05) is 30.3 Å². The van der Waals surface area contributed by atoms with Crippen molar-refractivity contribution in [3.8, 4) is 0 Å². The second-order valence-corrected chi connectivity index (χ2v) is 7.04. The molecule has 0 saturated carbocycles. The van der Waals surface area contributed by atoms with Crippen LogP contribution in [0.25, 0.3) is 10.9 Å². The quantitative estimate of drug-likeness (QED) is 0.798. The lowest BCUT2D eigenvalue weighted by Crippen LogP contribution is -2.35. The fraction of sp³-hybridized carbons (Fsp3) is 0.286. The molecular weight excluding hydrogens is 310 g/mol. The molecule has 4 nitrogen and oxygen atoms in total. The summed E-state index contributed by atoms with van der Waals surface area (Å²) < 4.78 is 0. The van der Waals surface area contributed by atoms with Crippen LogP contribution in [0.1, 0.15) is 27.2 Å². The van der Waals surface area contributed by atoms with E-state index in [4.69, 9.17) is 0 Å². The Bertz CT molecular complexity index is 909. The van der Waals surface area contributed by atoms with E-state index in [2.05, 4.69) is 28.1 Å². The smallest absolute Gasteiger partial charge is 0.254 e. The summed E-state index contributed by atoms with van der Waals surface area (Å²) in [6, 6.07) is 16.3. The molecule has 4 heteroatoms. The molecule has 0 bridgehead atoms. The van der Waals surface area contributed by atoms with E-state index in [1.54, 1.807) is 0 Å². The third-order valence-corrected chi connectivity index (χ3v) is 4.87. The van der Waals surface area contributed by atoms with Gasteiger partial charge in [0, 0.05) is 53.8 Å². The van der Waals surface area contributed by atoms with Gasteiger partial charge in [0.15, 0.2) is 0 Å². The SMILES string of the molecule is CN(C)Cc1ccc(C(=O)N2CCc3[nH]c4ccccc4c3C2)cc1. The average molecular weight is 333 g/mol. The highest BCUT2D eigenvalue weighted by molar-refractivity contribution is 5.95. The van der Waals surface area contributed by atoms with Crippen molar-refractivity contribution < 1.29 is 4.79 Å². The first-order valence-electron chi connectivity index (χ1n) is 8.73. The maximum atomic E-state index is 12.9. The molecule has 1 aliphatic rings. The highest BCUT2D eigenvalue weighted by Crippen LogP contribution is 2.28. The van der Waals surface area contributed by atoms with Crippen LogP contribution >= 0.6 is 0 Å². The molecule has 1 aliphatic heterocycles. The van der Waals surface area contributed by atoms with Crippen molar-refractivity contribution in [3.63, 3.8) is 0 Å². The molecule has 0 atom stereocenters. The summed E-state index contributed by atoms with van der Waals surface area (Å²) in [6.07, 6.45) is 0.883. The van der Waals surface area contributed by atoms with Gasteiger partial charge in [-0.15, -0.1) is 0 Å². The highest BCUT2D eigenvalue weighted by Gasteiger charge is 2.24. The maximum absolute atomic E-state index is 12.9. The summed E-state index contributed by atoms with van der Waals surface area (Å²) in [6.45, 7) is 2.33. The normalized spacial score (nSPS) is 14.1. The van der Waals surface area contributed by atoms with E-state index >= 15 is 0 Å². The molecule has 0 unspecified atom stereocenters. The summed E-state index contributed by atoms with van der Waals surface area (Å²) >= 11 is 0. The number of carbonyl (C=O) groups excluding carboxylic acids is 1. The largest absolute Gasteiger partial charge is 0.358 e. The number of para-hydroxylation sites is 1. The number of H-pyrrole nitrogens is 1. The minimum atomic E-state index is 0.118. The Kier molecular flexibility index (Phi) is 4.06. The van der Waals surface area contributed by atoms with Crippen LogP contribution in [-0.2, 0) is 19.5 Å². The predicted octanol–water partition coefficient (Wildman–Crippen LogP) is 3.43. The zero-order chi connectivity index (χ0) is 17.4. The lowest BCUT2D eigenvalue weighted by Gasteiger charge is -2.27. The number of carbonyl (C=O) groups is 1. The first-order chi connectivity index (χ1) is 12.1. The summed E-state index contributed by atoms with van der Waals surface area (Å²) in [5.74, 6) is 0.118. The molecule has 0 spiro atoms. The van der Waals surface area contributed by atoms with Gasteiger partial charge in [-0.3, -0.25) is 4.79 Å². The van der Waals surface area contributed by atoms with Crippen molar-refractivity contribution in [2.24, 2.45) is 0 Å². The third kappa shape index (κ3) is 3.05. The van der Waals surface area contributed by atoms with Crippen LogP contribution in [0.3, 0.4) is 0 Å². The van der Waals surface area contributed by atoms with Gasteiger partial charge in [0.05, 0.1) is 0 Å². The Morgan fingerprint density at radius 2 is 1.88 bits per heavy atom. The first-order valence-corrected chi connectivity index (χ1v) is 8.73. The summed E-state index contributed by atoms with van der Waals surface area (Å²) in [4.78, 5) is 20.5. The van der Waals surface area contributed by atoms with Crippen LogP contribution in [0, 0.1) is 0 Å². The van der Waals surface area contributed by atoms with E-state index in [1.807, 2.05) is 49.3 Å². The van der Waals surface area contributed by atoms with Gasteiger partial charge in [-0.25, -0.2) is 0 Å². The van der Waals surface area contributed by atoms with E-state index in [9.17, 15) is 4.79 Å². The minimum absolute atomic E-state index is 0.118. The maximum Gasteiger partial charge on any atom is 0.254 e. The minimum Gasteiger partial charge on any atom is -0.358 e. The Morgan fingerprint density at radius 1 is 1.12 bits per heavy atom. The number of aromatic nitrogens is 1. The Balaban J connectivity index is 1.55. The number of hydrogen-bond acceptors (Lipinski definition) is 2. The van der Waals surface area contributed by atoms with E-state index in [-0.39, 0.29) is 5.91 Å². The number of rotatable bonds is 3. The van der Waals surface area contributed by atoms with Gasteiger partial charge in [0.2, 0.25) is 0 Å². The number of nitrogens with one attached hydrogen (secondary N) is 1. The van der Waals surface area contributed by atoms with Crippen molar-refractivity contribution >= 4 is 16.8 Å². The average Bonchev–Trinajstić information content (AvgIpc) is 2.99. The molecule has 3 aromatic rings. The van der Waals surface area contributed by atoms with Crippen molar-refractivity contribution in [2.45, 2.75) is 19.5 Å². The molecular formula is C21H23N3O. The topological polar surface area (TPSA) is 39.3 Å². The molecule has 2 heterocycles. The Morgan fingerprint density at radius 3 is 2.64 bits per heavy atom. The second-order valence-electron chi connectivity index (χ2n) is 7.04. The highest BCUT2D eigenvalue weighted by atomic mass is 16.2. The zero-order valence-electron chi connectivity index (χ0n) is 14.7. The Labute approximate surface area is 148 Å². The molecule has 4 rings (SSSR count). The molecule has 1 amide bonds. The molecule has 1 aromatic heterocycles. The fourth-order valence-electron chi connectivity index (χ4n) is 3.64. The number of benzene rings is 2. The van der Waals surface area contributed by atoms with E-state index in [0.717, 1.165) is 30.6 Å². The summed E-state index contributed by atoms with van der Waals surface area (Å²) in [5, 5.41) is 1.23. The zero-order valence-corrected chi connectivity index (χ0v) is 14.7. The van der Waals surface area contributed by atoms with Crippen LogP contribution < -0.4 is 0 Å². The molecule has 0 fully saturated rings. The first kappa shape index (κ1) is 15.9. The van der Waals surface area contributed by atoms with Crippen molar-refractivity contribution in [1.29, 1.82) is 0 Å². The fourth-order valence-corrected chi connectivity index (χ4v) is 3.64. The molecule has 0 saturated heterocycles. The Hall–Kier alpha value is -2.59. The third-order valence-electron chi connectivity index (χ3n) is 4.87. The lowest BCUT2D eigenvalue weighted by molar-refractivity contribution is 0.0735. The van der Waals surface area contributed by atoms with Crippen LogP contribution in [0.2, 0.25) is 0 Å². The van der Waals surface area contributed by atoms with Crippen LogP contribution in [0.15, 0.2) is 48.5 Å². The standard InChI is InChI=1S/C21H23N3O/c1-23(2)13-15-7-9-16(10-8-15)21(25)24-12-11-20-18(14-24)17-5-3-4-6-19(17)22-20/h3-10,22H,11-14H2,1-2H3. The van der Waals surface area contributed by atoms with Gasteiger partial charge in [0.1, 0.15) is 0 Å². The number of hydrogen-bond donors (Lipinski definition) is 1. The van der Waals surface area contributed by atoms with Crippen LogP contribution in [0.4, 0.5) is 0 Å². The van der Waals surface area contributed by atoms with Crippen molar-refractivity contribution in [1.82, 2.24) is 14.8 Å². The monoisotopic (exact) mass is 333 g/mol. The number of nitrogens with zero attached hydrogens (tertiary/aromatic N) is 2. The second kappa shape index (κ2) is 6.37. The lowest BCUT2D eigenvalue weighted by atomic mass is 10.0. The summed E-state index contributed by atoms with van der Waals surface area (Å²) in [7, 11) is 4.09. The number of fused-ring (bicyclic) bond motifs is 3. The van der Waals surface area contributed by atoms with E-state index < -0.39 is 0 Å². The number of amides is 1. The van der Waals surface area contributed by atoms with Crippen molar-refractivity contribution in [3.05, 3.63) is 70.9 Å². The van der Waals surface area contributed by atoms with Gasteiger partial charge < -0.3 is 14.8 Å². The molecule has 0 radical (unpaired) electrons. The van der Waals surface area contributed by atoms with Crippen LogP contribution in [-0.4, -0.2) is 41.3 Å². The summed E-state index contributed by atoms with van der Waals surface area (Å²) in [5.41, 5.74) is 5.69. The van der Waals surface area contributed by atoms with Crippen LogP contribution in [0.5, 0.6) is 0 Å². The van der Waals surface area contributed by atoms with E-state index in [1.165, 1.54) is 22.2 Å². The van der Waals surface area contributed by atoms with Crippen molar-refractivity contribution in [2.75, 3.05) is 20.6 Å². The van der Waals surface area contributed by atoms with E-state index in [0.29, 0.717) is 6.54 Å². The molecule has 128 valence electrons. The molecule has 25 heavy (non-hydrogen) atoms. The molecule has 0 aliphatic carbocycles. The van der Waals surface area contributed by atoms with Gasteiger partial charge in [0.25, 0.3) is 5.91 Å².